The number of hydrogen-bond donors (Lipinski definition) is 2. The normalized spacial score (nSPS) is 11.6. The molecule has 2 amide bonds. The fourth-order valence-electron chi connectivity index (χ4n) is 3.62. The summed E-state index contributed by atoms with van der Waals surface area (Å²) in [5.41, 5.74) is 2.07. The molecule has 2 N–H and O–H groups in total. The Bertz CT molecular complexity index is 879. The molecule has 8 heteroatoms. The lowest BCUT2D eigenvalue weighted by Gasteiger charge is -2.23. The highest BCUT2D eigenvalue weighted by atomic mass is 32.2. The highest BCUT2D eigenvalue weighted by molar-refractivity contribution is 7.99. The molecule has 198 valence electrons. The van der Waals surface area contributed by atoms with Crippen LogP contribution in [0, 0.1) is 0 Å². The lowest BCUT2D eigenvalue weighted by Crippen LogP contribution is -2.43. The van der Waals surface area contributed by atoms with Gasteiger partial charge in [0.25, 0.3) is 0 Å². The number of carbonyl (C=O) groups excluding carboxylic acids is 1. The Morgan fingerprint density at radius 2 is 1.75 bits per heavy atom. The Balaban J connectivity index is 1.83. The van der Waals surface area contributed by atoms with Gasteiger partial charge in [-0.15, -0.1) is 0 Å². The van der Waals surface area contributed by atoms with Gasteiger partial charge in [-0.25, -0.2) is 9.59 Å². The number of aliphatic carboxylic acids is 1. The molecule has 36 heavy (non-hydrogen) atoms. The fourth-order valence-corrected chi connectivity index (χ4v) is 4.44. The van der Waals surface area contributed by atoms with Gasteiger partial charge in [0.2, 0.25) is 0 Å². The van der Waals surface area contributed by atoms with E-state index in [1.54, 1.807) is 6.92 Å². The summed E-state index contributed by atoms with van der Waals surface area (Å²) >= 11 is 1.92. The number of thioether (sulfide) groups is 1. The first-order valence-electron chi connectivity index (χ1n) is 12.7. The smallest absolute Gasteiger partial charge is 0.333 e. The van der Waals surface area contributed by atoms with Gasteiger partial charge in [0.1, 0.15) is 12.4 Å². The number of hydrogen-bond acceptors (Lipinski definition) is 5. The monoisotopic (exact) mass is 516 g/mol. The summed E-state index contributed by atoms with van der Waals surface area (Å²) in [7, 11) is 0. The third kappa shape index (κ3) is 11.8. The van der Waals surface area contributed by atoms with E-state index in [0.29, 0.717) is 45.0 Å². The van der Waals surface area contributed by atoms with Crippen molar-refractivity contribution in [3.63, 3.8) is 0 Å². The fraction of sp³-hybridized carbons (Fsp3) is 0.500. The van der Waals surface area contributed by atoms with E-state index in [2.05, 4.69) is 24.4 Å². The van der Waals surface area contributed by atoms with Gasteiger partial charge >= 0.3 is 12.0 Å². The second-order valence-electron chi connectivity index (χ2n) is 8.40. The lowest BCUT2D eigenvalue weighted by atomic mass is 10.1. The van der Waals surface area contributed by atoms with Crippen molar-refractivity contribution in [3.05, 3.63) is 65.7 Å². The van der Waals surface area contributed by atoms with Crippen LogP contribution in [0.15, 0.2) is 54.6 Å². The van der Waals surface area contributed by atoms with Gasteiger partial charge < -0.3 is 24.8 Å². The number of benzene rings is 2. The van der Waals surface area contributed by atoms with Gasteiger partial charge in [-0.1, -0.05) is 49.4 Å². The molecule has 0 spiro atoms. The molecule has 0 saturated heterocycles. The highest BCUT2D eigenvalue weighted by Gasteiger charge is 2.18. The molecule has 0 saturated carbocycles. The van der Waals surface area contributed by atoms with Crippen LogP contribution in [0.4, 0.5) is 4.79 Å². The Kier molecular flexibility index (Phi) is 14.5. The molecule has 2 rings (SSSR count). The average molecular weight is 517 g/mol. The first kappa shape index (κ1) is 29.5. The molecule has 0 fully saturated rings. The van der Waals surface area contributed by atoms with E-state index < -0.39 is 12.1 Å². The van der Waals surface area contributed by atoms with Gasteiger partial charge in [0.05, 0.1) is 6.54 Å². The summed E-state index contributed by atoms with van der Waals surface area (Å²) in [6.45, 7) is 6.45. The number of nitrogens with zero attached hydrogens (tertiary/aromatic N) is 1. The highest BCUT2D eigenvalue weighted by Crippen LogP contribution is 2.15. The largest absolute Gasteiger partial charge is 0.492 e. The molecule has 0 aliphatic carbocycles. The van der Waals surface area contributed by atoms with E-state index in [4.69, 9.17) is 9.47 Å². The molecule has 0 aromatic heterocycles. The number of carbonyl (C=O) groups is 2. The van der Waals surface area contributed by atoms with Crippen LogP contribution in [0.2, 0.25) is 0 Å². The SMILES string of the molecule is CCCSCCCN(CCOc1ccc(CC(OCC)C(=O)O)cc1)C(=O)NCCc1ccccc1. The van der Waals surface area contributed by atoms with E-state index in [0.717, 1.165) is 36.3 Å². The molecule has 0 bridgehead atoms. The van der Waals surface area contributed by atoms with Crippen molar-refractivity contribution >= 4 is 23.8 Å². The van der Waals surface area contributed by atoms with Crippen molar-refractivity contribution in [1.82, 2.24) is 10.2 Å². The van der Waals surface area contributed by atoms with Crippen molar-refractivity contribution in [2.24, 2.45) is 0 Å². The predicted molar refractivity (Wildman–Crippen MR) is 146 cm³/mol. The van der Waals surface area contributed by atoms with Crippen LogP contribution in [0.25, 0.3) is 0 Å². The zero-order chi connectivity index (χ0) is 26.0. The van der Waals surface area contributed by atoms with Gasteiger partial charge in [-0.3, -0.25) is 0 Å². The van der Waals surface area contributed by atoms with Crippen molar-refractivity contribution in [3.8, 4) is 5.75 Å². The summed E-state index contributed by atoms with van der Waals surface area (Å²) < 4.78 is 11.2. The van der Waals surface area contributed by atoms with Crippen LogP contribution < -0.4 is 10.1 Å². The van der Waals surface area contributed by atoms with Gasteiger partial charge in [-0.2, -0.15) is 11.8 Å². The minimum absolute atomic E-state index is 0.0685. The summed E-state index contributed by atoms with van der Waals surface area (Å²) in [6, 6.07) is 17.4. The summed E-state index contributed by atoms with van der Waals surface area (Å²) in [4.78, 5) is 26.0. The number of ether oxygens (including phenoxy) is 2. The zero-order valence-electron chi connectivity index (χ0n) is 21.5. The predicted octanol–water partition coefficient (Wildman–Crippen LogP) is 4.89. The van der Waals surface area contributed by atoms with Crippen LogP contribution >= 0.6 is 11.8 Å². The molecule has 1 atom stereocenters. The first-order chi connectivity index (χ1) is 17.5. The maximum absolute atomic E-state index is 12.8. The average Bonchev–Trinajstić information content (AvgIpc) is 2.88. The number of urea groups is 1. The maximum Gasteiger partial charge on any atom is 0.333 e. The second-order valence-corrected chi connectivity index (χ2v) is 9.62. The van der Waals surface area contributed by atoms with Gasteiger partial charge in [0.15, 0.2) is 6.10 Å². The second kappa shape index (κ2) is 17.7. The topological polar surface area (TPSA) is 88.1 Å². The minimum atomic E-state index is -0.965. The molecule has 7 nitrogen and oxygen atoms in total. The van der Waals surface area contributed by atoms with E-state index in [-0.39, 0.29) is 6.03 Å². The molecule has 0 heterocycles. The first-order valence-corrected chi connectivity index (χ1v) is 13.9. The third-order valence-corrected chi connectivity index (χ3v) is 6.78. The molecule has 1 unspecified atom stereocenters. The summed E-state index contributed by atoms with van der Waals surface area (Å²) in [6.07, 6.45) is 2.34. The van der Waals surface area contributed by atoms with E-state index in [1.807, 2.05) is 59.1 Å². The van der Waals surface area contributed by atoms with Crippen molar-refractivity contribution in [2.75, 3.05) is 44.4 Å². The molecule has 2 aromatic rings. The van der Waals surface area contributed by atoms with E-state index in [1.165, 1.54) is 5.56 Å². The molecule has 2 aromatic carbocycles. The van der Waals surface area contributed by atoms with Crippen LogP contribution in [0.3, 0.4) is 0 Å². The van der Waals surface area contributed by atoms with Gasteiger partial charge in [0, 0.05) is 26.1 Å². The zero-order valence-corrected chi connectivity index (χ0v) is 22.3. The Hall–Kier alpha value is -2.71. The number of carboxylic acids is 1. The Morgan fingerprint density at radius 1 is 1.00 bits per heavy atom. The van der Waals surface area contributed by atoms with Gasteiger partial charge in [-0.05, 0) is 61.0 Å². The maximum atomic E-state index is 12.8. The lowest BCUT2D eigenvalue weighted by molar-refractivity contribution is -0.149. The number of rotatable bonds is 18. The standard InChI is InChI=1S/C28H40N2O5S/c1-3-20-36-21-8-17-30(28(33)29-16-15-23-9-6-5-7-10-23)18-19-35-25-13-11-24(12-14-25)22-26(27(31)32)34-4-2/h5-7,9-14,26H,3-4,8,15-22H2,1-2H3,(H,29,33)(H,31,32). The molecular formula is C28H40N2O5S. The molecule has 0 aliphatic heterocycles. The van der Waals surface area contributed by atoms with Crippen molar-refractivity contribution < 1.29 is 24.2 Å². The Morgan fingerprint density at radius 3 is 2.42 bits per heavy atom. The number of carboxylic acid groups (broad SMARTS) is 1. The van der Waals surface area contributed by atoms with Crippen LogP contribution in [0.1, 0.15) is 37.8 Å². The minimum Gasteiger partial charge on any atom is -0.492 e. The van der Waals surface area contributed by atoms with E-state index >= 15 is 0 Å². The van der Waals surface area contributed by atoms with Crippen LogP contribution in [-0.4, -0.2) is 72.5 Å². The van der Waals surface area contributed by atoms with Crippen LogP contribution in [-0.2, 0) is 22.4 Å². The number of nitrogens with one attached hydrogen (secondary N) is 1. The van der Waals surface area contributed by atoms with E-state index in [9.17, 15) is 14.7 Å². The molecule has 0 radical (unpaired) electrons. The number of amides is 2. The summed E-state index contributed by atoms with van der Waals surface area (Å²) in [5, 5.41) is 12.3. The quantitative estimate of drug-likeness (QED) is 0.275. The summed E-state index contributed by atoms with van der Waals surface area (Å²) in [5.74, 6) is 1.89. The van der Waals surface area contributed by atoms with Crippen molar-refractivity contribution in [1.29, 1.82) is 0 Å². The molecule has 0 aliphatic rings. The van der Waals surface area contributed by atoms with Crippen molar-refractivity contribution in [2.45, 2.75) is 45.6 Å². The van der Waals surface area contributed by atoms with Crippen LogP contribution in [0.5, 0.6) is 5.75 Å². The Labute approximate surface area is 219 Å². The third-order valence-electron chi connectivity index (χ3n) is 5.50. The molecular weight excluding hydrogens is 476 g/mol.